The predicted octanol–water partition coefficient (Wildman–Crippen LogP) is 5.13. The van der Waals surface area contributed by atoms with Gasteiger partial charge in [-0.3, -0.25) is 13.9 Å². The number of rotatable bonds is 12. The second-order valence-electron chi connectivity index (χ2n) is 9.23. The van der Waals surface area contributed by atoms with Crippen molar-refractivity contribution in [2.24, 2.45) is 5.10 Å². The van der Waals surface area contributed by atoms with Crippen LogP contribution in [-0.4, -0.2) is 46.7 Å². The second kappa shape index (κ2) is 14.5. The molecule has 2 N–H and O–H groups in total. The molecule has 0 aliphatic carbocycles. The first-order valence-electron chi connectivity index (χ1n) is 13.0. The summed E-state index contributed by atoms with van der Waals surface area (Å²) in [5.41, 5.74) is 4.88. The molecule has 12 heteroatoms. The Labute approximate surface area is 258 Å². The highest BCUT2D eigenvalue weighted by molar-refractivity contribution is 9.10. The van der Waals surface area contributed by atoms with E-state index in [0.29, 0.717) is 32.9 Å². The van der Waals surface area contributed by atoms with Crippen LogP contribution in [0.25, 0.3) is 0 Å². The summed E-state index contributed by atoms with van der Waals surface area (Å²) in [5, 5.41) is 6.70. The zero-order valence-electron chi connectivity index (χ0n) is 23.4. The maximum absolute atomic E-state index is 13.5. The van der Waals surface area contributed by atoms with Gasteiger partial charge in [0.25, 0.3) is 21.8 Å². The summed E-state index contributed by atoms with van der Waals surface area (Å²) in [7, 11) is -2.48. The number of hydrogen-bond donors (Lipinski definition) is 2. The Balaban J connectivity index is 1.33. The van der Waals surface area contributed by atoms with Crippen molar-refractivity contribution in [3.63, 3.8) is 0 Å². The monoisotopic (exact) mass is 664 g/mol. The number of methoxy groups -OCH3 is 1. The number of amides is 2. The van der Waals surface area contributed by atoms with Crippen LogP contribution in [-0.2, 0) is 19.6 Å². The van der Waals surface area contributed by atoms with Gasteiger partial charge in [0.2, 0.25) is 0 Å². The molecule has 4 aromatic carbocycles. The lowest BCUT2D eigenvalue weighted by Gasteiger charge is -2.24. The average molecular weight is 666 g/mol. The van der Waals surface area contributed by atoms with Gasteiger partial charge in [-0.1, -0.05) is 39.7 Å². The largest absolute Gasteiger partial charge is 0.497 e. The number of carbonyl (C=O) groups excluding carboxylic acids is 2. The van der Waals surface area contributed by atoms with Crippen molar-refractivity contribution >= 4 is 55.4 Å². The molecule has 0 unspecified atom stereocenters. The number of benzene rings is 4. The molecule has 43 heavy (non-hydrogen) atoms. The highest BCUT2D eigenvalue weighted by Gasteiger charge is 2.27. The predicted molar refractivity (Wildman–Crippen MR) is 169 cm³/mol. The molecular formula is C31H29BrN4O6S. The highest BCUT2D eigenvalue weighted by Crippen LogP contribution is 2.26. The van der Waals surface area contributed by atoms with Crippen LogP contribution in [0, 0.1) is 6.92 Å². The summed E-state index contributed by atoms with van der Waals surface area (Å²) in [5.74, 6) is 0.206. The molecular weight excluding hydrogens is 636 g/mol. The number of ether oxygens (including phenoxy) is 2. The van der Waals surface area contributed by atoms with Crippen LogP contribution in [0.2, 0.25) is 0 Å². The smallest absolute Gasteiger partial charge is 0.264 e. The average Bonchev–Trinajstić information content (AvgIpc) is 3.00. The molecule has 0 aromatic heterocycles. The van der Waals surface area contributed by atoms with Crippen molar-refractivity contribution in [2.45, 2.75) is 11.8 Å². The van der Waals surface area contributed by atoms with Crippen molar-refractivity contribution in [3.8, 4) is 11.5 Å². The maximum Gasteiger partial charge on any atom is 0.264 e. The quantitative estimate of drug-likeness (QED) is 0.160. The Morgan fingerprint density at radius 1 is 0.907 bits per heavy atom. The molecule has 222 valence electrons. The van der Waals surface area contributed by atoms with Gasteiger partial charge in [0.1, 0.15) is 18.0 Å². The van der Waals surface area contributed by atoms with E-state index < -0.39 is 22.5 Å². The van der Waals surface area contributed by atoms with E-state index in [4.69, 9.17) is 9.47 Å². The topological polar surface area (TPSA) is 126 Å². The maximum atomic E-state index is 13.5. The minimum absolute atomic E-state index is 0.0647. The fraction of sp³-hybridized carbons (Fsp3) is 0.129. The first-order valence-corrected chi connectivity index (χ1v) is 15.2. The number of nitrogens with zero attached hydrogens (tertiary/aromatic N) is 2. The molecule has 0 heterocycles. The van der Waals surface area contributed by atoms with Crippen LogP contribution in [0.1, 0.15) is 11.1 Å². The second-order valence-corrected chi connectivity index (χ2v) is 12.0. The van der Waals surface area contributed by atoms with E-state index in [1.54, 1.807) is 92.0 Å². The van der Waals surface area contributed by atoms with Crippen LogP contribution < -0.4 is 24.5 Å². The number of nitrogens with one attached hydrogen (secondary N) is 2. The van der Waals surface area contributed by atoms with Crippen molar-refractivity contribution in [2.75, 3.05) is 29.9 Å². The lowest BCUT2D eigenvalue weighted by molar-refractivity contribution is -0.119. The summed E-state index contributed by atoms with van der Waals surface area (Å²) >= 11 is 3.36. The third-order valence-corrected chi connectivity index (χ3v) is 8.30. The summed E-state index contributed by atoms with van der Waals surface area (Å²) in [6.45, 7) is 1.18. The SMILES string of the molecule is COc1ccc(NC(=O)COc2ccc(/C=N\NC(=O)CN(c3cccc(Br)c3)S(=O)(=O)c3ccc(C)cc3)cc2)cc1. The molecule has 10 nitrogen and oxygen atoms in total. The fourth-order valence-electron chi connectivity index (χ4n) is 3.80. The van der Waals surface area contributed by atoms with Gasteiger partial charge in [0, 0.05) is 10.2 Å². The number of hydrazone groups is 1. The Morgan fingerprint density at radius 3 is 2.23 bits per heavy atom. The first-order chi connectivity index (χ1) is 20.6. The first kappa shape index (κ1) is 31.3. The van der Waals surface area contributed by atoms with Crippen LogP contribution in [0.4, 0.5) is 11.4 Å². The normalized spacial score (nSPS) is 11.1. The molecule has 0 aliphatic rings. The third-order valence-electron chi connectivity index (χ3n) is 6.02. The van der Waals surface area contributed by atoms with Crippen molar-refractivity contribution in [3.05, 3.63) is 113 Å². The molecule has 4 rings (SSSR count). The number of halogens is 1. The highest BCUT2D eigenvalue weighted by atomic mass is 79.9. The van der Waals surface area contributed by atoms with Gasteiger partial charge in [-0.05, 0) is 91.3 Å². The summed E-state index contributed by atoms with van der Waals surface area (Å²) in [6, 6.07) is 26.7. The van der Waals surface area contributed by atoms with Crippen molar-refractivity contribution in [1.82, 2.24) is 5.43 Å². The Bertz CT molecular complexity index is 1690. The summed E-state index contributed by atoms with van der Waals surface area (Å²) < 4.78 is 39.3. The Morgan fingerprint density at radius 2 is 1.58 bits per heavy atom. The molecule has 0 saturated heterocycles. The number of anilines is 2. The van der Waals surface area contributed by atoms with Gasteiger partial charge >= 0.3 is 0 Å². The van der Waals surface area contributed by atoms with Crippen LogP contribution in [0.3, 0.4) is 0 Å². The Kier molecular flexibility index (Phi) is 10.5. The van der Waals surface area contributed by atoms with Crippen molar-refractivity contribution < 1.29 is 27.5 Å². The van der Waals surface area contributed by atoms with Gasteiger partial charge in [0.05, 0.1) is 23.9 Å². The number of carbonyl (C=O) groups is 2. The van der Waals surface area contributed by atoms with Crippen LogP contribution in [0.5, 0.6) is 11.5 Å². The van der Waals surface area contributed by atoms with Gasteiger partial charge in [-0.25, -0.2) is 13.8 Å². The molecule has 0 saturated carbocycles. The fourth-order valence-corrected chi connectivity index (χ4v) is 5.60. The zero-order chi connectivity index (χ0) is 30.8. The van der Waals surface area contributed by atoms with Gasteiger partial charge in [-0.15, -0.1) is 0 Å². The molecule has 2 amide bonds. The number of aryl methyl sites for hydroxylation is 1. The minimum atomic E-state index is -4.04. The Hall–Kier alpha value is -4.68. The summed E-state index contributed by atoms with van der Waals surface area (Å²) in [6.07, 6.45) is 1.41. The van der Waals surface area contributed by atoms with E-state index in [-0.39, 0.29) is 17.4 Å². The standard InChI is InChI=1S/C31H29BrN4O6S/c1-22-6-16-29(17-7-22)43(39,40)36(26-5-3-4-24(32)18-26)20-30(37)35-33-19-23-8-12-28(13-9-23)42-21-31(38)34-25-10-14-27(41-2)15-11-25/h3-19H,20-21H2,1-2H3,(H,34,38)(H,35,37)/b33-19-. The van der Waals surface area contributed by atoms with E-state index in [2.05, 4.69) is 31.8 Å². The van der Waals surface area contributed by atoms with Gasteiger partial charge in [-0.2, -0.15) is 5.10 Å². The van der Waals surface area contributed by atoms with E-state index in [0.717, 1.165) is 9.87 Å². The van der Waals surface area contributed by atoms with Crippen molar-refractivity contribution in [1.29, 1.82) is 0 Å². The molecule has 0 fully saturated rings. The molecule has 4 aromatic rings. The van der Waals surface area contributed by atoms with E-state index in [1.807, 2.05) is 6.92 Å². The summed E-state index contributed by atoms with van der Waals surface area (Å²) in [4.78, 5) is 25.0. The minimum Gasteiger partial charge on any atom is -0.497 e. The third kappa shape index (κ3) is 8.90. The lowest BCUT2D eigenvalue weighted by Crippen LogP contribution is -2.39. The van der Waals surface area contributed by atoms with E-state index >= 15 is 0 Å². The van der Waals surface area contributed by atoms with E-state index in [9.17, 15) is 18.0 Å². The number of sulfonamides is 1. The molecule has 0 atom stereocenters. The van der Waals surface area contributed by atoms with Gasteiger partial charge < -0.3 is 14.8 Å². The zero-order valence-corrected chi connectivity index (χ0v) is 25.8. The van der Waals surface area contributed by atoms with E-state index in [1.165, 1.54) is 18.3 Å². The van der Waals surface area contributed by atoms with Gasteiger partial charge in [0.15, 0.2) is 6.61 Å². The molecule has 0 radical (unpaired) electrons. The lowest BCUT2D eigenvalue weighted by atomic mass is 10.2. The van der Waals surface area contributed by atoms with Crippen LogP contribution >= 0.6 is 15.9 Å². The molecule has 0 bridgehead atoms. The van der Waals surface area contributed by atoms with Crippen LogP contribution in [0.15, 0.2) is 112 Å². The molecule has 0 aliphatic heterocycles. The molecule has 0 spiro atoms. The number of hydrogen-bond acceptors (Lipinski definition) is 7.